The summed E-state index contributed by atoms with van der Waals surface area (Å²) in [7, 11) is -2.56. The number of aryl methyl sites for hydroxylation is 2. The fourth-order valence-electron chi connectivity index (χ4n) is 3.67. The number of hydrogen-bond acceptors (Lipinski definition) is 5. The molecular formula is C24H21FN2O5S. The number of pyridine rings is 1. The van der Waals surface area contributed by atoms with Crippen molar-refractivity contribution in [2.24, 2.45) is 0 Å². The molecule has 0 aliphatic rings. The van der Waals surface area contributed by atoms with Gasteiger partial charge in [0, 0.05) is 36.0 Å². The first kappa shape index (κ1) is 22.5. The number of fused-ring (bicyclic) bond motifs is 1. The number of nitrogens with zero attached hydrogens (tertiary/aromatic N) is 2. The molecule has 9 heteroatoms. The average molecular weight is 469 g/mol. The van der Waals surface area contributed by atoms with Gasteiger partial charge < -0.3 is 9.84 Å². The molecule has 7 nitrogen and oxygen atoms in total. The maximum absolute atomic E-state index is 13.7. The topological polar surface area (TPSA) is 98.5 Å². The van der Waals surface area contributed by atoms with Gasteiger partial charge in [-0.1, -0.05) is 6.07 Å². The average Bonchev–Trinajstić information content (AvgIpc) is 3.18. The lowest BCUT2D eigenvalue weighted by Gasteiger charge is -2.10. The molecule has 2 heterocycles. The van der Waals surface area contributed by atoms with E-state index in [0.29, 0.717) is 38.9 Å². The van der Waals surface area contributed by atoms with E-state index in [1.54, 1.807) is 37.3 Å². The van der Waals surface area contributed by atoms with Gasteiger partial charge in [0.1, 0.15) is 16.5 Å². The Hall–Kier alpha value is -3.72. The van der Waals surface area contributed by atoms with Crippen molar-refractivity contribution in [3.63, 3.8) is 0 Å². The number of halogens is 1. The zero-order valence-electron chi connectivity index (χ0n) is 17.9. The number of benzene rings is 2. The van der Waals surface area contributed by atoms with Crippen LogP contribution < -0.4 is 4.74 Å². The van der Waals surface area contributed by atoms with Crippen molar-refractivity contribution in [3.05, 3.63) is 78.0 Å². The molecule has 0 spiro atoms. The first-order valence-corrected chi connectivity index (χ1v) is 11.5. The van der Waals surface area contributed by atoms with Crippen molar-refractivity contribution >= 4 is 26.9 Å². The highest BCUT2D eigenvalue weighted by molar-refractivity contribution is 7.90. The van der Waals surface area contributed by atoms with Crippen LogP contribution in [0.4, 0.5) is 4.39 Å². The highest BCUT2D eigenvalue weighted by atomic mass is 32.2. The molecule has 4 rings (SSSR count). The molecule has 0 fully saturated rings. The number of carboxylic acid groups (broad SMARTS) is 1. The summed E-state index contributed by atoms with van der Waals surface area (Å²) >= 11 is 0. The van der Waals surface area contributed by atoms with E-state index in [2.05, 4.69) is 4.98 Å². The summed E-state index contributed by atoms with van der Waals surface area (Å²) in [4.78, 5) is 15.1. The van der Waals surface area contributed by atoms with Crippen LogP contribution in [-0.2, 0) is 21.2 Å². The molecule has 170 valence electrons. The van der Waals surface area contributed by atoms with Crippen LogP contribution in [-0.4, -0.2) is 35.6 Å². The molecule has 0 aliphatic carbocycles. The Morgan fingerprint density at radius 1 is 1.12 bits per heavy atom. The van der Waals surface area contributed by atoms with Crippen LogP contribution in [0, 0.1) is 12.7 Å². The third-order valence-electron chi connectivity index (χ3n) is 5.43. The zero-order valence-corrected chi connectivity index (χ0v) is 18.8. The molecular weight excluding hydrogens is 447 g/mol. The van der Waals surface area contributed by atoms with Gasteiger partial charge in [-0.15, -0.1) is 0 Å². The summed E-state index contributed by atoms with van der Waals surface area (Å²) in [6.45, 7) is 1.63. The maximum atomic E-state index is 13.7. The van der Waals surface area contributed by atoms with Crippen LogP contribution >= 0.6 is 0 Å². The van der Waals surface area contributed by atoms with Gasteiger partial charge in [0.2, 0.25) is 0 Å². The van der Waals surface area contributed by atoms with Gasteiger partial charge in [-0.3, -0.25) is 9.78 Å². The van der Waals surface area contributed by atoms with E-state index in [9.17, 15) is 17.6 Å². The second-order valence-corrected chi connectivity index (χ2v) is 9.42. The Bertz CT molecular complexity index is 1480. The fraction of sp³-hybridized carbons (Fsp3) is 0.167. The highest BCUT2D eigenvalue weighted by Crippen LogP contribution is 2.31. The number of hydrogen-bond donors (Lipinski definition) is 1. The predicted molar refractivity (Wildman–Crippen MR) is 121 cm³/mol. The van der Waals surface area contributed by atoms with Crippen molar-refractivity contribution < 1.29 is 27.4 Å². The Labute approximate surface area is 190 Å². The molecule has 0 radical (unpaired) electrons. The Morgan fingerprint density at radius 3 is 2.61 bits per heavy atom. The molecule has 0 unspecified atom stereocenters. The van der Waals surface area contributed by atoms with Gasteiger partial charge in [0.25, 0.3) is 10.0 Å². The first-order chi connectivity index (χ1) is 15.7. The molecule has 33 heavy (non-hydrogen) atoms. The lowest BCUT2D eigenvalue weighted by molar-refractivity contribution is -0.136. The second-order valence-electron chi connectivity index (χ2n) is 7.61. The smallest absolute Gasteiger partial charge is 0.303 e. The van der Waals surface area contributed by atoms with Crippen molar-refractivity contribution in [3.8, 4) is 16.9 Å². The van der Waals surface area contributed by atoms with E-state index in [-0.39, 0.29) is 23.6 Å². The largest absolute Gasteiger partial charge is 0.497 e. The van der Waals surface area contributed by atoms with Crippen molar-refractivity contribution in [2.75, 3.05) is 7.11 Å². The van der Waals surface area contributed by atoms with E-state index < -0.39 is 16.0 Å². The van der Waals surface area contributed by atoms with E-state index in [4.69, 9.17) is 9.84 Å². The van der Waals surface area contributed by atoms with E-state index in [0.717, 1.165) is 3.97 Å². The van der Waals surface area contributed by atoms with Crippen LogP contribution in [0.5, 0.6) is 5.75 Å². The molecule has 0 aliphatic heterocycles. The molecule has 2 aromatic carbocycles. The number of methoxy groups -OCH3 is 1. The zero-order chi connectivity index (χ0) is 23.8. The maximum Gasteiger partial charge on any atom is 0.303 e. The van der Waals surface area contributed by atoms with Crippen molar-refractivity contribution in [1.29, 1.82) is 0 Å². The second kappa shape index (κ2) is 8.67. The van der Waals surface area contributed by atoms with Gasteiger partial charge in [0.05, 0.1) is 12.6 Å². The molecule has 0 saturated heterocycles. The van der Waals surface area contributed by atoms with Crippen LogP contribution in [0.2, 0.25) is 0 Å². The molecule has 0 atom stereocenters. The van der Waals surface area contributed by atoms with Gasteiger partial charge in [-0.25, -0.2) is 16.8 Å². The number of ether oxygens (including phenoxy) is 1. The van der Waals surface area contributed by atoms with Crippen molar-refractivity contribution in [1.82, 2.24) is 8.96 Å². The third kappa shape index (κ3) is 4.31. The van der Waals surface area contributed by atoms with Gasteiger partial charge in [0.15, 0.2) is 0 Å². The summed E-state index contributed by atoms with van der Waals surface area (Å²) < 4.78 is 47.2. The standard InChI is InChI=1S/C24H21FN2O5S/c1-15-9-16(3-6-22(15)25)18-10-20(13-26-12-18)33(30,31)27-14-17(4-8-24(28)29)21-11-19(32-2)5-7-23(21)27/h3,5-7,9-14H,4,8H2,1-2H3,(H,28,29). The highest BCUT2D eigenvalue weighted by Gasteiger charge is 2.23. The fourth-order valence-corrected chi connectivity index (χ4v) is 5.05. The minimum atomic E-state index is -4.06. The summed E-state index contributed by atoms with van der Waals surface area (Å²) in [5.74, 6) is -0.795. The van der Waals surface area contributed by atoms with Crippen LogP contribution in [0.3, 0.4) is 0 Å². The van der Waals surface area contributed by atoms with Crippen LogP contribution in [0.25, 0.3) is 22.0 Å². The van der Waals surface area contributed by atoms with Gasteiger partial charge in [-0.2, -0.15) is 0 Å². The SMILES string of the molecule is COc1ccc2c(c1)c(CCC(=O)O)cn2S(=O)(=O)c1cncc(-c2ccc(F)c(C)c2)c1. The van der Waals surface area contributed by atoms with E-state index in [1.807, 2.05) is 0 Å². The molecule has 2 aromatic heterocycles. The molecule has 0 saturated carbocycles. The summed E-state index contributed by atoms with van der Waals surface area (Å²) in [6, 6.07) is 11.0. The Balaban J connectivity index is 1.84. The summed E-state index contributed by atoms with van der Waals surface area (Å²) in [5.41, 5.74) is 2.59. The van der Waals surface area contributed by atoms with E-state index >= 15 is 0 Å². The minimum Gasteiger partial charge on any atom is -0.497 e. The van der Waals surface area contributed by atoms with Gasteiger partial charge in [-0.05, 0) is 66.4 Å². The number of aromatic nitrogens is 2. The molecule has 4 aromatic rings. The molecule has 1 N–H and O–H groups in total. The van der Waals surface area contributed by atoms with Crippen molar-refractivity contribution in [2.45, 2.75) is 24.7 Å². The normalized spacial score (nSPS) is 11.6. The summed E-state index contributed by atoms with van der Waals surface area (Å²) in [6.07, 6.45) is 4.23. The Morgan fingerprint density at radius 2 is 1.91 bits per heavy atom. The molecule has 0 bridgehead atoms. The number of carboxylic acids is 1. The number of aliphatic carboxylic acids is 1. The lowest BCUT2D eigenvalue weighted by Crippen LogP contribution is -2.12. The third-order valence-corrected chi connectivity index (χ3v) is 7.07. The lowest BCUT2D eigenvalue weighted by atomic mass is 10.1. The van der Waals surface area contributed by atoms with Gasteiger partial charge >= 0.3 is 5.97 Å². The number of rotatable bonds is 7. The first-order valence-electron chi connectivity index (χ1n) is 10.1. The predicted octanol–water partition coefficient (Wildman–Crippen LogP) is 4.41. The Kier molecular flexibility index (Phi) is 5.90. The van der Waals surface area contributed by atoms with E-state index in [1.165, 1.54) is 37.8 Å². The number of carbonyl (C=O) groups is 1. The quantitative estimate of drug-likeness (QED) is 0.431. The summed E-state index contributed by atoms with van der Waals surface area (Å²) in [5, 5.41) is 9.68. The monoisotopic (exact) mass is 468 g/mol. The molecule has 0 amide bonds. The van der Waals surface area contributed by atoms with Crippen LogP contribution in [0.15, 0.2) is 66.0 Å². The minimum absolute atomic E-state index is 0.0421. The van der Waals surface area contributed by atoms with Crippen LogP contribution in [0.1, 0.15) is 17.5 Å².